The third-order valence-corrected chi connectivity index (χ3v) is 3.38. The monoisotopic (exact) mass is 270 g/mol. The Morgan fingerprint density at radius 1 is 1.25 bits per heavy atom. The number of carbonyl (C=O) groups excluding carboxylic acids is 1. The minimum atomic E-state index is -0.331. The van der Waals surface area contributed by atoms with Gasteiger partial charge >= 0.3 is 0 Å². The molecule has 0 fully saturated rings. The van der Waals surface area contributed by atoms with Gasteiger partial charge in [-0.15, -0.1) is 0 Å². The Bertz CT molecular complexity index is 649. The molecule has 1 atom stereocenters. The maximum absolute atomic E-state index is 12.2. The molecule has 2 aromatic rings. The van der Waals surface area contributed by atoms with E-state index in [0.717, 1.165) is 5.56 Å². The van der Waals surface area contributed by atoms with Crippen molar-refractivity contribution in [2.24, 2.45) is 0 Å². The zero-order chi connectivity index (χ0) is 14.1. The van der Waals surface area contributed by atoms with Crippen LogP contribution in [0.3, 0.4) is 0 Å². The molecule has 0 amide bonds. The number of aromatic hydroxyl groups is 1. The zero-order valence-electron chi connectivity index (χ0n) is 11.0. The second kappa shape index (κ2) is 4.89. The molecule has 0 aliphatic carbocycles. The third kappa shape index (κ3) is 2.09. The maximum Gasteiger partial charge on any atom is 0.174 e. The molecule has 1 aliphatic heterocycles. The number of fused-ring (bicyclic) bond motifs is 1. The predicted molar refractivity (Wildman–Crippen MR) is 73.4 cm³/mol. The number of ether oxygens (including phenoxy) is 2. The number of hydrogen-bond donors (Lipinski definition) is 1. The highest BCUT2D eigenvalue weighted by atomic mass is 16.5. The zero-order valence-corrected chi connectivity index (χ0v) is 11.0. The molecule has 0 saturated heterocycles. The third-order valence-electron chi connectivity index (χ3n) is 3.38. The summed E-state index contributed by atoms with van der Waals surface area (Å²) in [5.74, 6) is 0.603. The summed E-state index contributed by atoms with van der Waals surface area (Å²) in [4.78, 5) is 12.2. The fourth-order valence-corrected chi connectivity index (χ4v) is 2.39. The van der Waals surface area contributed by atoms with Crippen molar-refractivity contribution in [1.29, 1.82) is 0 Å². The summed E-state index contributed by atoms with van der Waals surface area (Å²) in [6.07, 6.45) is -0.112. The van der Waals surface area contributed by atoms with E-state index in [1.165, 1.54) is 13.2 Å². The summed E-state index contributed by atoms with van der Waals surface area (Å²) < 4.78 is 10.9. The molecule has 0 spiro atoms. The van der Waals surface area contributed by atoms with Crippen LogP contribution in [0, 0.1) is 0 Å². The van der Waals surface area contributed by atoms with E-state index in [1.807, 2.05) is 30.3 Å². The SMILES string of the molecule is COc1cc(O)c2c(c1)O[C@@H](c1ccccc1)CC2=O. The quantitative estimate of drug-likeness (QED) is 0.911. The van der Waals surface area contributed by atoms with Gasteiger partial charge in [-0.1, -0.05) is 30.3 Å². The number of benzene rings is 2. The first-order valence-corrected chi connectivity index (χ1v) is 6.35. The first-order chi connectivity index (χ1) is 9.69. The van der Waals surface area contributed by atoms with Gasteiger partial charge < -0.3 is 14.6 Å². The van der Waals surface area contributed by atoms with E-state index in [4.69, 9.17) is 9.47 Å². The van der Waals surface area contributed by atoms with Gasteiger partial charge in [0.1, 0.15) is 28.9 Å². The van der Waals surface area contributed by atoms with Crippen molar-refractivity contribution in [3.05, 3.63) is 53.6 Å². The molecule has 0 bridgehead atoms. The number of Topliss-reactive ketones (excluding diaryl/α,β-unsaturated/α-hetero) is 1. The lowest BCUT2D eigenvalue weighted by Crippen LogP contribution is -2.20. The number of phenols is 1. The van der Waals surface area contributed by atoms with Crippen molar-refractivity contribution in [2.75, 3.05) is 7.11 Å². The van der Waals surface area contributed by atoms with Gasteiger partial charge in [-0.3, -0.25) is 4.79 Å². The Kier molecular flexibility index (Phi) is 3.06. The summed E-state index contributed by atoms with van der Waals surface area (Å²) in [5.41, 5.74) is 1.17. The van der Waals surface area contributed by atoms with Gasteiger partial charge in [0.15, 0.2) is 5.78 Å². The van der Waals surface area contributed by atoms with Crippen LogP contribution in [0.2, 0.25) is 0 Å². The van der Waals surface area contributed by atoms with E-state index >= 15 is 0 Å². The van der Waals surface area contributed by atoms with E-state index in [9.17, 15) is 9.90 Å². The molecule has 1 heterocycles. The Labute approximate surface area is 116 Å². The van der Waals surface area contributed by atoms with Crippen LogP contribution in [0.15, 0.2) is 42.5 Å². The highest BCUT2D eigenvalue weighted by Gasteiger charge is 2.30. The van der Waals surface area contributed by atoms with E-state index < -0.39 is 0 Å². The molecule has 0 saturated carbocycles. The van der Waals surface area contributed by atoms with Crippen molar-refractivity contribution in [3.63, 3.8) is 0 Å². The topological polar surface area (TPSA) is 55.8 Å². The average Bonchev–Trinajstić information content (AvgIpc) is 2.47. The smallest absolute Gasteiger partial charge is 0.174 e. The first-order valence-electron chi connectivity index (χ1n) is 6.35. The number of carbonyl (C=O) groups is 1. The van der Waals surface area contributed by atoms with Crippen LogP contribution in [0.1, 0.15) is 28.4 Å². The average molecular weight is 270 g/mol. The first kappa shape index (κ1) is 12.5. The van der Waals surface area contributed by atoms with E-state index in [0.29, 0.717) is 11.5 Å². The molecule has 102 valence electrons. The highest BCUT2D eigenvalue weighted by molar-refractivity contribution is 6.02. The fourth-order valence-electron chi connectivity index (χ4n) is 2.39. The standard InChI is InChI=1S/C16H14O4/c1-19-11-7-12(17)16-13(18)9-14(20-15(16)8-11)10-5-3-2-4-6-10/h2-8,14,17H,9H2,1H3/t14-/m1/s1. The molecule has 0 unspecified atom stereocenters. The number of rotatable bonds is 2. The Morgan fingerprint density at radius 2 is 2.00 bits per heavy atom. The summed E-state index contributed by atoms with van der Waals surface area (Å²) in [5, 5.41) is 9.91. The number of hydrogen-bond acceptors (Lipinski definition) is 4. The van der Waals surface area contributed by atoms with Crippen molar-refractivity contribution >= 4 is 5.78 Å². The largest absolute Gasteiger partial charge is 0.507 e. The molecular weight excluding hydrogens is 256 g/mol. The molecule has 3 rings (SSSR count). The van der Waals surface area contributed by atoms with Gasteiger partial charge in [0.05, 0.1) is 13.5 Å². The van der Waals surface area contributed by atoms with Gasteiger partial charge in [0.25, 0.3) is 0 Å². The Hall–Kier alpha value is -2.49. The van der Waals surface area contributed by atoms with Crippen LogP contribution in [-0.4, -0.2) is 18.0 Å². The van der Waals surface area contributed by atoms with Crippen LogP contribution in [0.4, 0.5) is 0 Å². The van der Waals surface area contributed by atoms with Gasteiger partial charge in [-0.05, 0) is 5.56 Å². The summed E-state index contributed by atoms with van der Waals surface area (Å²) >= 11 is 0. The lowest BCUT2D eigenvalue weighted by molar-refractivity contribution is 0.0844. The van der Waals surface area contributed by atoms with Crippen LogP contribution in [0.25, 0.3) is 0 Å². The minimum Gasteiger partial charge on any atom is -0.507 e. The molecule has 2 aromatic carbocycles. The highest BCUT2D eigenvalue weighted by Crippen LogP contribution is 2.41. The number of methoxy groups -OCH3 is 1. The van der Waals surface area contributed by atoms with Crippen molar-refractivity contribution in [3.8, 4) is 17.2 Å². The van der Waals surface area contributed by atoms with E-state index in [1.54, 1.807) is 6.07 Å². The molecule has 1 N–H and O–H groups in total. The lowest BCUT2D eigenvalue weighted by atomic mass is 9.95. The van der Waals surface area contributed by atoms with Crippen molar-refractivity contribution in [2.45, 2.75) is 12.5 Å². The van der Waals surface area contributed by atoms with Crippen molar-refractivity contribution in [1.82, 2.24) is 0 Å². The van der Waals surface area contributed by atoms with Gasteiger partial charge in [-0.2, -0.15) is 0 Å². The van der Waals surface area contributed by atoms with Crippen LogP contribution >= 0.6 is 0 Å². The predicted octanol–water partition coefficient (Wildman–Crippen LogP) is 3.11. The molecule has 4 nitrogen and oxygen atoms in total. The van der Waals surface area contributed by atoms with Crippen molar-refractivity contribution < 1.29 is 19.4 Å². The van der Waals surface area contributed by atoms with Gasteiger partial charge in [0.2, 0.25) is 0 Å². The molecule has 20 heavy (non-hydrogen) atoms. The molecule has 0 radical (unpaired) electrons. The molecule has 0 aromatic heterocycles. The van der Waals surface area contributed by atoms with Gasteiger partial charge in [-0.25, -0.2) is 0 Å². The van der Waals surface area contributed by atoms with E-state index in [-0.39, 0.29) is 29.6 Å². The minimum absolute atomic E-state index is 0.101. The second-order valence-electron chi connectivity index (χ2n) is 4.66. The van der Waals surface area contributed by atoms with Crippen LogP contribution < -0.4 is 9.47 Å². The Balaban J connectivity index is 2.02. The second-order valence-corrected chi connectivity index (χ2v) is 4.66. The van der Waals surface area contributed by atoms with Crippen LogP contribution in [0.5, 0.6) is 17.2 Å². The molecular formula is C16H14O4. The fraction of sp³-hybridized carbons (Fsp3) is 0.188. The summed E-state index contributed by atoms with van der Waals surface area (Å²) in [6, 6.07) is 12.6. The molecule has 1 aliphatic rings. The van der Waals surface area contributed by atoms with E-state index in [2.05, 4.69) is 0 Å². The normalized spacial score (nSPS) is 17.2. The number of ketones is 1. The summed E-state index contributed by atoms with van der Waals surface area (Å²) in [6.45, 7) is 0. The summed E-state index contributed by atoms with van der Waals surface area (Å²) in [7, 11) is 1.50. The van der Waals surface area contributed by atoms with Gasteiger partial charge in [0, 0.05) is 12.1 Å². The maximum atomic E-state index is 12.2. The number of phenolic OH excluding ortho intramolecular Hbond substituents is 1. The Morgan fingerprint density at radius 3 is 2.70 bits per heavy atom. The molecule has 4 heteroatoms. The lowest BCUT2D eigenvalue weighted by Gasteiger charge is -2.26. The van der Waals surface area contributed by atoms with Crippen LogP contribution in [-0.2, 0) is 0 Å².